The second-order valence-electron chi connectivity index (χ2n) is 12.0. The molecule has 260 valence electrons. The van der Waals surface area contributed by atoms with Crippen LogP contribution in [-0.2, 0) is 20.9 Å². The molecule has 7 nitrogen and oxygen atoms in total. The number of amides is 3. The molecule has 0 saturated heterocycles. The van der Waals surface area contributed by atoms with Crippen LogP contribution in [0.1, 0.15) is 40.9 Å². The van der Waals surface area contributed by atoms with Crippen LogP contribution < -0.4 is 5.32 Å². The first-order chi connectivity index (χ1) is 25.3. The Morgan fingerprint density at radius 3 is 2.21 bits per heavy atom. The molecular weight excluding hydrogens is 672 g/mol. The van der Waals surface area contributed by atoms with Gasteiger partial charge < -0.3 is 9.88 Å². The molecule has 0 spiro atoms. The first kappa shape index (κ1) is 35.8. The molecule has 0 aliphatic carbocycles. The number of nitrogens with zero attached hydrogens (tertiary/aromatic N) is 3. The molecule has 0 radical (unpaired) electrons. The molecule has 1 aliphatic rings. The lowest BCUT2D eigenvalue weighted by Gasteiger charge is -2.28. The number of nitrogens with one attached hydrogen (secondary N) is 1. The van der Waals surface area contributed by atoms with Crippen LogP contribution in [0.25, 0.3) is 17.0 Å². The van der Waals surface area contributed by atoms with Gasteiger partial charge in [-0.15, -0.1) is 0 Å². The fourth-order valence-corrected chi connectivity index (χ4v) is 6.99. The van der Waals surface area contributed by atoms with Crippen LogP contribution in [0.15, 0.2) is 156 Å². The van der Waals surface area contributed by atoms with Gasteiger partial charge in [0.25, 0.3) is 11.8 Å². The van der Waals surface area contributed by atoms with Crippen molar-refractivity contribution in [1.29, 1.82) is 0 Å². The maximum absolute atomic E-state index is 14.7. The van der Waals surface area contributed by atoms with Crippen LogP contribution in [0.2, 0.25) is 0 Å². The molecule has 3 amide bonds. The lowest BCUT2D eigenvalue weighted by Crippen LogP contribution is -2.42. The molecule has 9 heteroatoms. The molecule has 6 rings (SSSR count). The van der Waals surface area contributed by atoms with Gasteiger partial charge in [0.05, 0.1) is 18.3 Å². The smallest absolute Gasteiger partial charge is 0.285 e. The third-order valence-electron chi connectivity index (χ3n) is 8.77. The summed E-state index contributed by atoms with van der Waals surface area (Å²) in [6.45, 7) is 7.67. The summed E-state index contributed by atoms with van der Waals surface area (Å²) >= 11 is 1.01. The summed E-state index contributed by atoms with van der Waals surface area (Å²) in [6.07, 6.45) is 8.26. The third kappa shape index (κ3) is 7.65. The maximum atomic E-state index is 14.7. The molecule has 0 saturated carbocycles. The molecule has 0 bridgehead atoms. The van der Waals surface area contributed by atoms with Crippen molar-refractivity contribution in [3.05, 3.63) is 185 Å². The zero-order chi connectivity index (χ0) is 36.6. The van der Waals surface area contributed by atoms with Crippen LogP contribution in [0.5, 0.6) is 0 Å². The monoisotopic (exact) mass is 708 g/mol. The standard InChI is InChI=1S/C43H37FN4O3S/c1-4-6-22-33(5-2)48-42(51)36(26-35-29(3)47(38-25-16-14-23-34(35)38)27-32-21-13-15-24-37(32)44)41(50)46-43(48)52-28-39(49)45-40(30-17-9-7-10-18-30)31-19-11-8-12-20-31/h4-26,40H,1,27-28H2,2-3H3,(H,45,49)/b22-6-,33-5+,36-26+. The molecule has 0 unspecified atom stereocenters. The summed E-state index contributed by atoms with van der Waals surface area (Å²) in [5.74, 6) is -2.02. The van der Waals surface area contributed by atoms with E-state index in [1.165, 1.54) is 11.0 Å². The van der Waals surface area contributed by atoms with Gasteiger partial charge in [-0.1, -0.05) is 134 Å². The zero-order valence-electron chi connectivity index (χ0n) is 28.8. The first-order valence-electron chi connectivity index (χ1n) is 16.8. The molecular formula is C43H37FN4O3S. The number of aromatic nitrogens is 1. The van der Waals surface area contributed by atoms with Crippen LogP contribution >= 0.6 is 11.8 Å². The fourth-order valence-electron chi connectivity index (χ4n) is 6.18. The highest BCUT2D eigenvalue weighted by molar-refractivity contribution is 8.14. The number of fused-ring (bicyclic) bond motifs is 1. The second-order valence-corrected chi connectivity index (χ2v) is 13.0. The largest absolute Gasteiger partial charge is 0.344 e. The molecule has 52 heavy (non-hydrogen) atoms. The van der Waals surface area contributed by atoms with Gasteiger partial charge >= 0.3 is 0 Å². The lowest BCUT2D eigenvalue weighted by atomic mass is 9.99. The van der Waals surface area contributed by atoms with Crippen LogP contribution in [0.4, 0.5) is 4.39 Å². The Hall–Kier alpha value is -6.06. The normalized spacial score (nSPS) is 14.5. The maximum Gasteiger partial charge on any atom is 0.285 e. The van der Waals surface area contributed by atoms with Gasteiger partial charge in [-0.05, 0) is 49.3 Å². The average Bonchev–Trinajstić information content (AvgIpc) is 3.43. The number of amidine groups is 1. The minimum atomic E-state index is -0.718. The van der Waals surface area contributed by atoms with Crippen LogP contribution in [-0.4, -0.2) is 38.1 Å². The summed E-state index contributed by atoms with van der Waals surface area (Å²) in [5.41, 5.74) is 4.92. The zero-order valence-corrected chi connectivity index (χ0v) is 29.6. The quantitative estimate of drug-likeness (QED) is 0.0848. The van der Waals surface area contributed by atoms with Crippen molar-refractivity contribution in [1.82, 2.24) is 14.8 Å². The number of allylic oxidation sites excluding steroid dienone is 4. The Labute approximate surface area is 306 Å². The Morgan fingerprint density at radius 2 is 1.56 bits per heavy atom. The van der Waals surface area contributed by atoms with Gasteiger partial charge in [0.15, 0.2) is 5.17 Å². The third-order valence-corrected chi connectivity index (χ3v) is 9.71. The SMILES string of the molecule is C=C/C=C\C(=C/C)N1C(=O)/C(=C/c2c(C)n(Cc3ccccc3F)c3ccccc23)C(=O)N=C1SCC(=O)NC(c1ccccc1)c1ccccc1. The highest BCUT2D eigenvalue weighted by Crippen LogP contribution is 2.32. The molecule has 1 aliphatic heterocycles. The van der Waals surface area contributed by atoms with Crippen molar-refractivity contribution in [2.75, 3.05) is 5.75 Å². The Morgan fingerprint density at radius 1 is 0.923 bits per heavy atom. The van der Waals surface area contributed by atoms with Crippen molar-refractivity contribution in [2.24, 2.45) is 4.99 Å². The molecule has 1 N–H and O–H groups in total. The van der Waals surface area contributed by atoms with E-state index in [0.29, 0.717) is 16.8 Å². The van der Waals surface area contributed by atoms with E-state index in [4.69, 9.17) is 0 Å². The van der Waals surface area contributed by atoms with E-state index >= 15 is 0 Å². The van der Waals surface area contributed by atoms with Gasteiger partial charge in [-0.2, -0.15) is 4.99 Å². The van der Waals surface area contributed by atoms with Gasteiger partial charge in [-0.25, -0.2) is 4.39 Å². The number of benzene rings is 4. The van der Waals surface area contributed by atoms with Crippen molar-refractivity contribution >= 4 is 51.6 Å². The van der Waals surface area contributed by atoms with Crippen LogP contribution in [0.3, 0.4) is 0 Å². The van der Waals surface area contributed by atoms with E-state index in [0.717, 1.165) is 39.5 Å². The number of hydrogen-bond acceptors (Lipinski definition) is 4. The summed E-state index contributed by atoms with van der Waals surface area (Å²) in [7, 11) is 0. The second kappa shape index (κ2) is 16.3. The molecule has 5 aromatic rings. The van der Waals surface area contributed by atoms with E-state index in [1.807, 2.05) is 96.4 Å². The molecule has 0 atom stereocenters. The van der Waals surface area contributed by atoms with Crippen molar-refractivity contribution in [2.45, 2.75) is 26.4 Å². The number of carbonyl (C=O) groups excluding carboxylic acids is 3. The Bertz CT molecular complexity index is 2230. The van der Waals surface area contributed by atoms with Crippen molar-refractivity contribution in [3.8, 4) is 0 Å². The summed E-state index contributed by atoms with van der Waals surface area (Å²) in [6, 6.07) is 33.1. The van der Waals surface area contributed by atoms with E-state index < -0.39 is 17.9 Å². The topological polar surface area (TPSA) is 83.8 Å². The predicted molar refractivity (Wildman–Crippen MR) is 208 cm³/mol. The number of carbonyl (C=O) groups is 3. The van der Waals surface area contributed by atoms with Crippen LogP contribution in [0, 0.1) is 12.7 Å². The number of rotatable bonds is 11. The Balaban J connectivity index is 1.33. The fraction of sp³-hybridized carbons (Fsp3) is 0.116. The number of hydrogen-bond donors (Lipinski definition) is 1. The predicted octanol–water partition coefficient (Wildman–Crippen LogP) is 8.53. The number of thioether (sulfide) groups is 1. The van der Waals surface area contributed by atoms with E-state index in [9.17, 15) is 18.8 Å². The van der Waals surface area contributed by atoms with E-state index in [-0.39, 0.29) is 34.8 Å². The number of para-hydroxylation sites is 1. The summed E-state index contributed by atoms with van der Waals surface area (Å²) in [4.78, 5) is 47.3. The van der Waals surface area contributed by atoms with Gasteiger partial charge in [0, 0.05) is 33.4 Å². The van der Waals surface area contributed by atoms with Crippen molar-refractivity contribution in [3.63, 3.8) is 0 Å². The summed E-state index contributed by atoms with van der Waals surface area (Å²) < 4.78 is 16.7. The lowest BCUT2D eigenvalue weighted by molar-refractivity contribution is -0.126. The average molecular weight is 709 g/mol. The minimum absolute atomic E-state index is 0.0822. The van der Waals surface area contributed by atoms with Crippen molar-refractivity contribution < 1.29 is 18.8 Å². The summed E-state index contributed by atoms with van der Waals surface area (Å²) in [5, 5.41) is 4.00. The van der Waals surface area contributed by atoms with Gasteiger partial charge in [0.1, 0.15) is 11.4 Å². The van der Waals surface area contributed by atoms with Gasteiger partial charge in [-0.3, -0.25) is 19.3 Å². The molecule has 2 heterocycles. The molecule has 0 fully saturated rings. The molecule has 4 aromatic carbocycles. The van der Waals surface area contributed by atoms with Gasteiger partial charge in [0.2, 0.25) is 5.91 Å². The van der Waals surface area contributed by atoms with E-state index in [2.05, 4.69) is 16.9 Å². The highest BCUT2D eigenvalue weighted by Gasteiger charge is 2.35. The molecule has 1 aromatic heterocycles. The van der Waals surface area contributed by atoms with E-state index in [1.54, 1.807) is 55.5 Å². The first-order valence-corrected chi connectivity index (χ1v) is 17.8. The number of halogens is 1. The highest BCUT2D eigenvalue weighted by atomic mass is 32.2. The number of aliphatic imine (C=N–C) groups is 1. The Kier molecular flexibility index (Phi) is 11.2. The minimum Gasteiger partial charge on any atom is -0.344 e.